The van der Waals surface area contributed by atoms with Gasteiger partial charge in [-0.3, -0.25) is 0 Å². The van der Waals surface area contributed by atoms with Gasteiger partial charge in [-0.15, -0.1) is 0 Å². The molecule has 28 heavy (non-hydrogen) atoms. The second-order valence-electron chi connectivity index (χ2n) is 8.60. The van der Waals surface area contributed by atoms with Gasteiger partial charge >= 0.3 is 0 Å². The second kappa shape index (κ2) is 10.8. The summed E-state index contributed by atoms with van der Waals surface area (Å²) < 4.78 is 2.49. The monoisotopic (exact) mass is 381 g/mol. The Morgan fingerprint density at radius 2 is 1.75 bits per heavy atom. The summed E-state index contributed by atoms with van der Waals surface area (Å²) >= 11 is 0. The lowest BCUT2D eigenvalue weighted by Gasteiger charge is -2.34. The van der Waals surface area contributed by atoms with Gasteiger partial charge in [-0.05, 0) is 31.6 Å². The first-order chi connectivity index (χ1) is 13.8. The molecule has 3 rings (SSSR count). The van der Waals surface area contributed by atoms with Crippen molar-refractivity contribution in [1.29, 1.82) is 0 Å². The van der Waals surface area contributed by atoms with E-state index >= 15 is 0 Å². The van der Waals surface area contributed by atoms with E-state index in [1.165, 1.54) is 75.5 Å². The van der Waals surface area contributed by atoms with Gasteiger partial charge in [0.05, 0.1) is 0 Å². The van der Waals surface area contributed by atoms with Crippen molar-refractivity contribution in [2.75, 3.05) is 0 Å². The van der Waals surface area contributed by atoms with Crippen LogP contribution in [0.3, 0.4) is 0 Å². The molecule has 3 heteroatoms. The molecule has 0 saturated heterocycles. The zero-order valence-corrected chi connectivity index (χ0v) is 17.9. The van der Waals surface area contributed by atoms with Crippen LogP contribution in [0.2, 0.25) is 0 Å². The predicted molar refractivity (Wildman–Crippen MR) is 119 cm³/mol. The molecule has 0 amide bonds. The second-order valence-corrected chi connectivity index (χ2v) is 8.60. The van der Waals surface area contributed by atoms with Crippen LogP contribution in [0, 0.1) is 5.92 Å². The highest BCUT2D eigenvalue weighted by atomic mass is 15.1. The minimum atomic E-state index is 0.257. The van der Waals surface area contributed by atoms with Crippen molar-refractivity contribution < 1.29 is 0 Å². The highest BCUT2D eigenvalue weighted by molar-refractivity contribution is 5.56. The molecule has 2 unspecified atom stereocenters. The van der Waals surface area contributed by atoms with Gasteiger partial charge in [-0.1, -0.05) is 82.7 Å². The summed E-state index contributed by atoms with van der Waals surface area (Å²) in [5, 5.41) is 0. The molecule has 1 saturated carbocycles. The SMILES string of the molecule is CCCCC(c1cnc(-c2ccccc2)n1CCCC)C(N)C1CCCCC1. The van der Waals surface area contributed by atoms with E-state index in [9.17, 15) is 0 Å². The third-order valence-electron chi connectivity index (χ3n) is 6.56. The van der Waals surface area contributed by atoms with E-state index in [-0.39, 0.29) is 6.04 Å². The van der Waals surface area contributed by atoms with Crippen LogP contribution in [0.15, 0.2) is 36.5 Å². The van der Waals surface area contributed by atoms with Crippen LogP contribution in [0.25, 0.3) is 11.4 Å². The van der Waals surface area contributed by atoms with Gasteiger partial charge in [-0.25, -0.2) is 4.98 Å². The lowest BCUT2D eigenvalue weighted by Crippen LogP contribution is -2.38. The third kappa shape index (κ3) is 5.05. The van der Waals surface area contributed by atoms with Gasteiger partial charge in [0.15, 0.2) is 0 Å². The summed E-state index contributed by atoms with van der Waals surface area (Å²) in [6.07, 6.45) is 14.9. The molecule has 0 radical (unpaired) electrons. The fourth-order valence-corrected chi connectivity index (χ4v) is 4.86. The molecular weight excluding hydrogens is 342 g/mol. The standard InChI is InChI=1S/C25H39N3/c1-3-5-17-22(24(26)20-13-9-7-10-14-20)23-19-27-25(28(23)18-6-4-2)21-15-11-8-12-16-21/h8,11-12,15-16,19-20,22,24H,3-7,9-10,13-14,17-18,26H2,1-2H3. The molecule has 2 atom stereocenters. The lowest BCUT2D eigenvalue weighted by molar-refractivity contribution is 0.264. The summed E-state index contributed by atoms with van der Waals surface area (Å²) in [5.41, 5.74) is 9.56. The maximum absolute atomic E-state index is 6.97. The molecule has 0 bridgehead atoms. The van der Waals surface area contributed by atoms with E-state index in [1.54, 1.807) is 0 Å². The van der Waals surface area contributed by atoms with Gasteiger partial charge in [0.2, 0.25) is 0 Å². The van der Waals surface area contributed by atoms with Crippen LogP contribution >= 0.6 is 0 Å². The molecule has 2 N–H and O–H groups in total. The predicted octanol–water partition coefficient (Wildman–Crippen LogP) is 6.53. The van der Waals surface area contributed by atoms with Crippen LogP contribution in [-0.4, -0.2) is 15.6 Å². The molecule has 1 aromatic heterocycles. The Hall–Kier alpha value is -1.61. The number of benzene rings is 1. The first-order valence-electron chi connectivity index (χ1n) is 11.6. The highest BCUT2D eigenvalue weighted by Gasteiger charge is 2.31. The van der Waals surface area contributed by atoms with Gasteiger partial charge in [0.25, 0.3) is 0 Å². The van der Waals surface area contributed by atoms with Crippen LogP contribution in [0.5, 0.6) is 0 Å². The first-order valence-corrected chi connectivity index (χ1v) is 11.6. The van der Waals surface area contributed by atoms with Gasteiger partial charge in [0, 0.05) is 36.0 Å². The fourth-order valence-electron chi connectivity index (χ4n) is 4.86. The Bertz CT molecular complexity index is 685. The van der Waals surface area contributed by atoms with Gasteiger partial charge in [-0.2, -0.15) is 0 Å². The van der Waals surface area contributed by atoms with Crippen molar-refractivity contribution in [2.45, 2.75) is 96.6 Å². The average molecular weight is 382 g/mol. The molecule has 1 aliphatic carbocycles. The maximum atomic E-state index is 6.97. The normalized spacial score (nSPS) is 17.5. The molecule has 154 valence electrons. The molecule has 2 aromatic rings. The lowest BCUT2D eigenvalue weighted by atomic mass is 9.76. The Morgan fingerprint density at radius 1 is 1.04 bits per heavy atom. The minimum Gasteiger partial charge on any atom is -0.328 e. The topological polar surface area (TPSA) is 43.8 Å². The van der Waals surface area contributed by atoms with Crippen molar-refractivity contribution in [2.24, 2.45) is 11.7 Å². The van der Waals surface area contributed by atoms with E-state index in [0.29, 0.717) is 11.8 Å². The Morgan fingerprint density at radius 3 is 2.43 bits per heavy atom. The van der Waals surface area contributed by atoms with E-state index < -0.39 is 0 Å². The van der Waals surface area contributed by atoms with Crippen molar-refractivity contribution in [1.82, 2.24) is 9.55 Å². The number of imidazole rings is 1. The number of aromatic nitrogens is 2. The summed E-state index contributed by atoms with van der Waals surface area (Å²) in [7, 11) is 0. The van der Waals surface area contributed by atoms with E-state index in [2.05, 4.69) is 54.9 Å². The van der Waals surface area contributed by atoms with E-state index in [4.69, 9.17) is 10.7 Å². The third-order valence-corrected chi connectivity index (χ3v) is 6.56. The maximum Gasteiger partial charge on any atom is 0.140 e. The number of unbranched alkanes of at least 4 members (excludes halogenated alkanes) is 2. The Kier molecular flexibility index (Phi) is 8.14. The van der Waals surface area contributed by atoms with Crippen LogP contribution in [-0.2, 0) is 6.54 Å². The average Bonchev–Trinajstić information content (AvgIpc) is 3.17. The zero-order valence-electron chi connectivity index (χ0n) is 17.9. The molecule has 1 heterocycles. The molecule has 1 aliphatic rings. The quantitative estimate of drug-likeness (QED) is 0.508. The molecular formula is C25H39N3. The van der Waals surface area contributed by atoms with Crippen LogP contribution < -0.4 is 5.73 Å². The smallest absolute Gasteiger partial charge is 0.140 e. The molecule has 0 aliphatic heterocycles. The summed E-state index contributed by atoms with van der Waals surface area (Å²) in [6, 6.07) is 10.9. The number of rotatable bonds is 10. The summed E-state index contributed by atoms with van der Waals surface area (Å²) in [6.45, 7) is 5.59. The number of hydrogen-bond acceptors (Lipinski definition) is 2. The first kappa shape index (κ1) is 21.1. The van der Waals surface area contributed by atoms with Gasteiger partial charge < -0.3 is 10.3 Å². The summed E-state index contributed by atoms with van der Waals surface area (Å²) in [5.74, 6) is 2.21. The van der Waals surface area contributed by atoms with Gasteiger partial charge in [0.1, 0.15) is 5.82 Å². The summed E-state index contributed by atoms with van der Waals surface area (Å²) in [4.78, 5) is 4.90. The number of nitrogens with zero attached hydrogens (tertiary/aromatic N) is 2. The molecule has 3 nitrogen and oxygen atoms in total. The van der Waals surface area contributed by atoms with E-state index in [1.807, 2.05) is 0 Å². The van der Waals surface area contributed by atoms with Crippen molar-refractivity contribution in [3.8, 4) is 11.4 Å². The van der Waals surface area contributed by atoms with Crippen molar-refractivity contribution >= 4 is 0 Å². The zero-order chi connectivity index (χ0) is 19.8. The molecule has 0 spiro atoms. The van der Waals surface area contributed by atoms with Crippen molar-refractivity contribution in [3.05, 3.63) is 42.2 Å². The Balaban J connectivity index is 1.94. The van der Waals surface area contributed by atoms with Crippen LogP contribution in [0.1, 0.15) is 89.7 Å². The Labute approximate surface area is 171 Å². The molecule has 1 fully saturated rings. The number of hydrogen-bond donors (Lipinski definition) is 1. The number of nitrogens with two attached hydrogens (primary N) is 1. The van der Waals surface area contributed by atoms with E-state index in [0.717, 1.165) is 12.4 Å². The fraction of sp³-hybridized carbons (Fsp3) is 0.640. The molecule has 1 aromatic carbocycles. The van der Waals surface area contributed by atoms with Crippen molar-refractivity contribution in [3.63, 3.8) is 0 Å². The van der Waals surface area contributed by atoms with Crippen LogP contribution in [0.4, 0.5) is 0 Å². The minimum absolute atomic E-state index is 0.257. The largest absolute Gasteiger partial charge is 0.328 e. The highest BCUT2D eigenvalue weighted by Crippen LogP contribution is 2.36.